The van der Waals surface area contributed by atoms with E-state index in [-0.39, 0.29) is 17.6 Å². The fourth-order valence-electron chi connectivity index (χ4n) is 2.42. The van der Waals surface area contributed by atoms with E-state index in [0.717, 1.165) is 12.8 Å². The molecule has 5 nitrogen and oxygen atoms in total. The molecule has 0 aliphatic carbocycles. The van der Waals surface area contributed by atoms with Gasteiger partial charge in [-0.15, -0.1) is 0 Å². The highest BCUT2D eigenvalue weighted by Crippen LogP contribution is 2.19. The smallest absolute Gasteiger partial charge is 0.310 e. The lowest BCUT2D eigenvalue weighted by molar-refractivity contribution is -0.138. The first-order chi connectivity index (χ1) is 9.87. The lowest BCUT2D eigenvalue weighted by Crippen LogP contribution is -2.21. The summed E-state index contributed by atoms with van der Waals surface area (Å²) in [5, 5.41) is 8.94. The lowest BCUT2D eigenvalue weighted by Gasteiger charge is -2.11. The van der Waals surface area contributed by atoms with Crippen LogP contribution in [0.15, 0.2) is 24.3 Å². The van der Waals surface area contributed by atoms with Crippen LogP contribution in [0.5, 0.6) is 0 Å². The summed E-state index contributed by atoms with van der Waals surface area (Å²) in [5.41, 5.74) is 1.34. The lowest BCUT2D eigenvalue weighted by atomic mass is 10.0. The molecule has 1 N–H and O–H groups in total. The Kier molecular flexibility index (Phi) is 5.00. The Morgan fingerprint density at radius 2 is 2.05 bits per heavy atom. The van der Waals surface area contributed by atoms with Gasteiger partial charge in [0, 0.05) is 6.61 Å². The minimum Gasteiger partial charge on any atom is -0.481 e. The van der Waals surface area contributed by atoms with E-state index >= 15 is 0 Å². The highest BCUT2D eigenvalue weighted by molar-refractivity contribution is 7.90. The van der Waals surface area contributed by atoms with E-state index in [1.807, 2.05) is 0 Å². The maximum Gasteiger partial charge on any atom is 0.310 e. The van der Waals surface area contributed by atoms with Crippen LogP contribution in [0.1, 0.15) is 36.8 Å². The van der Waals surface area contributed by atoms with Crippen LogP contribution in [0.4, 0.5) is 0 Å². The molecule has 1 aliphatic heterocycles. The normalized spacial score (nSPS) is 20.3. The van der Waals surface area contributed by atoms with Crippen molar-refractivity contribution in [1.82, 2.24) is 0 Å². The van der Waals surface area contributed by atoms with Crippen LogP contribution in [0.3, 0.4) is 0 Å². The SMILES string of the molecule is CC(C(=O)O)c1ccc(CS(=O)(=O)CC2CCCO2)cc1. The van der Waals surface area contributed by atoms with E-state index in [2.05, 4.69) is 0 Å². The Morgan fingerprint density at radius 1 is 1.38 bits per heavy atom. The molecule has 2 unspecified atom stereocenters. The molecule has 2 atom stereocenters. The first kappa shape index (κ1) is 16.0. The van der Waals surface area contributed by atoms with E-state index in [1.54, 1.807) is 31.2 Å². The molecule has 0 amide bonds. The summed E-state index contributed by atoms with van der Waals surface area (Å²) in [7, 11) is -3.21. The van der Waals surface area contributed by atoms with Gasteiger partial charge in [0.1, 0.15) is 0 Å². The average Bonchev–Trinajstić information content (AvgIpc) is 2.90. The predicted molar refractivity (Wildman–Crippen MR) is 79.0 cm³/mol. The second-order valence-corrected chi connectivity index (χ2v) is 7.60. The van der Waals surface area contributed by atoms with Crippen molar-refractivity contribution in [1.29, 1.82) is 0 Å². The van der Waals surface area contributed by atoms with Gasteiger partial charge < -0.3 is 9.84 Å². The third-order valence-corrected chi connectivity index (χ3v) is 5.35. The summed E-state index contributed by atoms with van der Waals surface area (Å²) < 4.78 is 29.6. The fourth-order valence-corrected chi connectivity index (χ4v) is 4.06. The molecule has 116 valence electrons. The Labute approximate surface area is 124 Å². The molecule has 0 spiro atoms. The molecule has 1 saturated heterocycles. The maximum atomic E-state index is 12.1. The van der Waals surface area contributed by atoms with Crippen molar-refractivity contribution in [3.8, 4) is 0 Å². The van der Waals surface area contributed by atoms with Gasteiger partial charge in [-0.05, 0) is 30.9 Å². The molecule has 0 aromatic heterocycles. The summed E-state index contributed by atoms with van der Waals surface area (Å²) in [4.78, 5) is 10.9. The average molecular weight is 312 g/mol. The molecule has 1 heterocycles. The summed E-state index contributed by atoms with van der Waals surface area (Å²) >= 11 is 0. The zero-order valence-corrected chi connectivity index (χ0v) is 12.8. The maximum absolute atomic E-state index is 12.1. The first-order valence-corrected chi connectivity index (χ1v) is 8.83. The molecule has 0 saturated carbocycles. The van der Waals surface area contributed by atoms with Gasteiger partial charge in [0.15, 0.2) is 9.84 Å². The molecule has 1 fully saturated rings. The van der Waals surface area contributed by atoms with Crippen LogP contribution in [-0.2, 0) is 25.1 Å². The number of sulfone groups is 1. The zero-order valence-electron chi connectivity index (χ0n) is 12.0. The molecule has 6 heteroatoms. The van der Waals surface area contributed by atoms with Crippen LogP contribution >= 0.6 is 0 Å². The van der Waals surface area contributed by atoms with Crippen molar-refractivity contribution < 1.29 is 23.1 Å². The minimum absolute atomic E-state index is 0.0331. The highest BCUT2D eigenvalue weighted by atomic mass is 32.2. The molecule has 21 heavy (non-hydrogen) atoms. The number of rotatable bonds is 6. The molecule has 1 aliphatic rings. The number of benzene rings is 1. The van der Waals surface area contributed by atoms with Crippen molar-refractivity contribution >= 4 is 15.8 Å². The van der Waals surface area contributed by atoms with E-state index in [1.165, 1.54) is 0 Å². The molecule has 0 bridgehead atoms. The van der Waals surface area contributed by atoms with E-state index in [0.29, 0.717) is 17.7 Å². The van der Waals surface area contributed by atoms with Crippen molar-refractivity contribution in [3.63, 3.8) is 0 Å². The van der Waals surface area contributed by atoms with Crippen LogP contribution in [0, 0.1) is 0 Å². The molecule has 0 radical (unpaired) electrons. The van der Waals surface area contributed by atoms with Crippen molar-refractivity contribution in [2.75, 3.05) is 12.4 Å². The highest BCUT2D eigenvalue weighted by Gasteiger charge is 2.23. The van der Waals surface area contributed by atoms with Crippen molar-refractivity contribution in [3.05, 3.63) is 35.4 Å². The Morgan fingerprint density at radius 3 is 2.57 bits per heavy atom. The minimum atomic E-state index is -3.21. The third kappa shape index (κ3) is 4.54. The van der Waals surface area contributed by atoms with Gasteiger partial charge in [-0.1, -0.05) is 24.3 Å². The summed E-state index contributed by atoms with van der Waals surface area (Å²) in [6.45, 7) is 2.24. The third-order valence-electron chi connectivity index (χ3n) is 3.70. The summed E-state index contributed by atoms with van der Waals surface area (Å²) in [6, 6.07) is 6.72. The van der Waals surface area contributed by atoms with Crippen LogP contribution in [0.2, 0.25) is 0 Å². The monoisotopic (exact) mass is 312 g/mol. The topological polar surface area (TPSA) is 80.7 Å². The van der Waals surface area contributed by atoms with Gasteiger partial charge in [0.25, 0.3) is 0 Å². The molecular weight excluding hydrogens is 292 g/mol. The van der Waals surface area contributed by atoms with Gasteiger partial charge in [0.2, 0.25) is 0 Å². The molecular formula is C15H20O5S. The molecule has 1 aromatic carbocycles. The Bertz CT molecular complexity index is 585. The molecule has 2 rings (SSSR count). The van der Waals surface area contributed by atoms with Gasteiger partial charge in [0.05, 0.1) is 23.5 Å². The van der Waals surface area contributed by atoms with Gasteiger partial charge in [-0.25, -0.2) is 8.42 Å². The fraction of sp³-hybridized carbons (Fsp3) is 0.533. The van der Waals surface area contributed by atoms with Gasteiger partial charge in [-0.2, -0.15) is 0 Å². The van der Waals surface area contributed by atoms with Crippen molar-refractivity contribution in [2.24, 2.45) is 0 Å². The van der Waals surface area contributed by atoms with Crippen molar-refractivity contribution in [2.45, 2.75) is 37.5 Å². The van der Waals surface area contributed by atoms with Gasteiger partial charge in [-0.3, -0.25) is 4.79 Å². The Hall–Kier alpha value is -1.40. The number of carboxylic acid groups (broad SMARTS) is 1. The number of hydrogen-bond donors (Lipinski definition) is 1. The molecule has 1 aromatic rings. The Balaban J connectivity index is 2.00. The second-order valence-electron chi connectivity index (χ2n) is 5.49. The summed E-state index contributed by atoms with van der Waals surface area (Å²) in [5.74, 6) is -1.47. The standard InChI is InChI=1S/C15H20O5S/c1-11(15(16)17)13-6-4-12(5-7-13)9-21(18,19)10-14-3-2-8-20-14/h4-7,11,14H,2-3,8-10H2,1H3,(H,16,17). The quantitative estimate of drug-likeness (QED) is 0.868. The van der Waals surface area contributed by atoms with E-state index < -0.39 is 21.7 Å². The van der Waals surface area contributed by atoms with Crippen LogP contribution in [0.25, 0.3) is 0 Å². The van der Waals surface area contributed by atoms with E-state index in [4.69, 9.17) is 9.84 Å². The largest absolute Gasteiger partial charge is 0.481 e. The van der Waals surface area contributed by atoms with Crippen LogP contribution in [-0.4, -0.2) is 38.0 Å². The number of carboxylic acids is 1. The van der Waals surface area contributed by atoms with E-state index in [9.17, 15) is 13.2 Å². The summed E-state index contributed by atoms with van der Waals surface area (Å²) in [6.07, 6.45) is 1.54. The van der Waals surface area contributed by atoms with Crippen LogP contribution < -0.4 is 0 Å². The predicted octanol–water partition coefficient (Wildman–Crippen LogP) is 1.97. The number of carbonyl (C=O) groups is 1. The number of ether oxygens (including phenoxy) is 1. The second kappa shape index (κ2) is 6.58. The zero-order chi connectivity index (χ0) is 15.5. The first-order valence-electron chi connectivity index (χ1n) is 7.01. The van der Waals surface area contributed by atoms with Gasteiger partial charge >= 0.3 is 5.97 Å². The number of hydrogen-bond acceptors (Lipinski definition) is 4. The number of aliphatic carboxylic acids is 1.